The number of rotatable bonds is 5. The van der Waals surface area contributed by atoms with E-state index in [0.717, 1.165) is 18.5 Å². The molecule has 0 radical (unpaired) electrons. The number of ether oxygens (including phenoxy) is 1. The van der Waals surface area contributed by atoms with Gasteiger partial charge in [-0.15, -0.1) is 0 Å². The monoisotopic (exact) mass is 345 g/mol. The van der Waals surface area contributed by atoms with Crippen LogP contribution >= 0.6 is 0 Å². The number of aromatic nitrogens is 2. The molecule has 0 fully saturated rings. The first-order valence-corrected chi connectivity index (χ1v) is 8.82. The quantitative estimate of drug-likeness (QED) is 0.893. The second-order valence-electron chi connectivity index (χ2n) is 6.43. The average Bonchev–Trinajstić information content (AvgIpc) is 2.98. The van der Waals surface area contributed by atoms with Crippen molar-refractivity contribution in [3.8, 4) is 5.75 Å². The van der Waals surface area contributed by atoms with E-state index in [-0.39, 0.29) is 23.8 Å². The lowest BCUT2D eigenvalue weighted by Crippen LogP contribution is -2.34. The molecule has 1 aromatic carbocycles. The van der Waals surface area contributed by atoms with E-state index in [1.807, 2.05) is 11.6 Å². The summed E-state index contributed by atoms with van der Waals surface area (Å²) in [6, 6.07) is 6.14. The van der Waals surface area contributed by atoms with Gasteiger partial charge in [0.05, 0.1) is 24.4 Å². The molecule has 0 saturated heterocycles. The van der Waals surface area contributed by atoms with Crippen molar-refractivity contribution in [2.24, 2.45) is 0 Å². The second-order valence-corrected chi connectivity index (χ2v) is 6.43. The number of carbonyl (C=O) groups is 1. The Labute approximate surface area is 147 Å². The Balaban J connectivity index is 1.86. The molecule has 1 amide bonds. The summed E-state index contributed by atoms with van der Waals surface area (Å²) in [6.07, 6.45) is 2.42. The number of halogens is 1. The first-order chi connectivity index (χ1) is 12.0. The number of hydrogen-bond donors (Lipinski definition) is 1. The third-order valence-electron chi connectivity index (χ3n) is 4.70. The van der Waals surface area contributed by atoms with E-state index >= 15 is 0 Å². The molecular weight excluding hydrogens is 321 g/mol. The van der Waals surface area contributed by atoms with Crippen molar-refractivity contribution in [1.29, 1.82) is 0 Å². The lowest BCUT2D eigenvalue weighted by molar-refractivity contribution is 0.0910. The third-order valence-corrected chi connectivity index (χ3v) is 4.70. The molecule has 0 unspecified atom stereocenters. The van der Waals surface area contributed by atoms with E-state index in [1.54, 1.807) is 12.1 Å². The average molecular weight is 345 g/mol. The number of fused-ring (bicyclic) bond motifs is 1. The van der Waals surface area contributed by atoms with Gasteiger partial charge >= 0.3 is 0 Å². The van der Waals surface area contributed by atoms with E-state index in [2.05, 4.69) is 24.3 Å². The topological polar surface area (TPSA) is 56.2 Å². The van der Waals surface area contributed by atoms with Gasteiger partial charge in [-0.1, -0.05) is 13.8 Å². The van der Waals surface area contributed by atoms with Gasteiger partial charge in [0.25, 0.3) is 5.91 Å². The summed E-state index contributed by atoms with van der Waals surface area (Å²) >= 11 is 0. The molecule has 25 heavy (non-hydrogen) atoms. The molecule has 6 heteroatoms. The van der Waals surface area contributed by atoms with Crippen molar-refractivity contribution in [3.05, 3.63) is 47.0 Å². The molecule has 1 aliphatic heterocycles. The van der Waals surface area contributed by atoms with Crippen LogP contribution in [0.1, 0.15) is 66.9 Å². The van der Waals surface area contributed by atoms with Crippen LogP contribution in [0.4, 0.5) is 4.39 Å². The van der Waals surface area contributed by atoms with Gasteiger partial charge in [-0.05, 0) is 44.0 Å². The molecule has 5 nitrogen and oxygen atoms in total. The van der Waals surface area contributed by atoms with E-state index in [1.165, 1.54) is 12.1 Å². The molecule has 1 aromatic heterocycles. The lowest BCUT2D eigenvalue weighted by atomic mass is 10.00. The maximum atomic E-state index is 13.6. The smallest absolute Gasteiger partial charge is 0.270 e. The first kappa shape index (κ1) is 17.5. The van der Waals surface area contributed by atoms with Crippen LogP contribution in [0.3, 0.4) is 0 Å². The second kappa shape index (κ2) is 7.25. The van der Waals surface area contributed by atoms with Gasteiger partial charge in [-0.25, -0.2) is 4.39 Å². The van der Waals surface area contributed by atoms with Crippen LogP contribution in [-0.2, 0) is 0 Å². The standard InChI is InChI=1S/C19H24FN3O2/c1-4-14(5-2)23-17(10-12(3)22-23)19(24)21-16-8-9-25-18-7-6-13(20)11-15(16)18/h6-7,10-11,14,16H,4-5,8-9H2,1-3H3,(H,21,24)/t16-/m0/s1. The Morgan fingerprint density at radius 1 is 1.40 bits per heavy atom. The Morgan fingerprint density at radius 2 is 2.16 bits per heavy atom. The van der Waals surface area contributed by atoms with Crippen LogP contribution in [0, 0.1) is 12.7 Å². The number of benzene rings is 1. The van der Waals surface area contributed by atoms with E-state index in [0.29, 0.717) is 30.0 Å². The number of hydrogen-bond acceptors (Lipinski definition) is 3. The molecule has 0 saturated carbocycles. The van der Waals surface area contributed by atoms with E-state index in [9.17, 15) is 9.18 Å². The van der Waals surface area contributed by atoms with Crippen molar-refractivity contribution in [3.63, 3.8) is 0 Å². The van der Waals surface area contributed by atoms with Gasteiger partial charge in [0.2, 0.25) is 0 Å². The highest BCUT2D eigenvalue weighted by Crippen LogP contribution is 2.32. The van der Waals surface area contributed by atoms with Crippen molar-refractivity contribution in [2.75, 3.05) is 6.61 Å². The van der Waals surface area contributed by atoms with Gasteiger partial charge in [-0.3, -0.25) is 9.48 Å². The molecule has 0 aliphatic carbocycles. The van der Waals surface area contributed by atoms with Gasteiger partial charge in [0.15, 0.2) is 0 Å². The number of nitrogens with zero attached hydrogens (tertiary/aromatic N) is 2. The molecule has 1 atom stereocenters. The minimum Gasteiger partial charge on any atom is -0.493 e. The molecule has 2 heterocycles. The number of carbonyl (C=O) groups excluding carboxylic acids is 1. The van der Waals surface area contributed by atoms with Gasteiger partial charge in [-0.2, -0.15) is 5.10 Å². The third kappa shape index (κ3) is 3.52. The fourth-order valence-corrected chi connectivity index (χ4v) is 3.35. The van der Waals surface area contributed by atoms with E-state index in [4.69, 9.17) is 4.74 Å². The molecule has 1 aliphatic rings. The van der Waals surface area contributed by atoms with Gasteiger partial charge in [0.1, 0.15) is 17.3 Å². The number of amides is 1. The molecule has 0 bridgehead atoms. The Bertz CT molecular complexity index is 768. The van der Waals surface area contributed by atoms with Crippen molar-refractivity contribution >= 4 is 5.91 Å². The summed E-state index contributed by atoms with van der Waals surface area (Å²) in [6.45, 7) is 6.55. The van der Waals surface area contributed by atoms with Crippen LogP contribution < -0.4 is 10.1 Å². The molecule has 2 aromatic rings. The zero-order valence-electron chi connectivity index (χ0n) is 14.9. The minimum atomic E-state index is -0.332. The predicted molar refractivity (Wildman–Crippen MR) is 93.3 cm³/mol. The fourth-order valence-electron chi connectivity index (χ4n) is 3.35. The van der Waals surface area contributed by atoms with Crippen LogP contribution in [0.15, 0.2) is 24.3 Å². The van der Waals surface area contributed by atoms with E-state index < -0.39 is 0 Å². The SMILES string of the molecule is CCC(CC)n1nc(C)cc1C(=O)N[C@H]1CCOc2ccc(F)cc21. The zero-order valence-corrected chi connectivity index (χ0v) is 14.9. The largest absolute Gasteiger partial charge is 0.493 e. The van der Waals surface area contributed by atoms with Crippen molar-refractivity contribution in [2.45, 2.75) is 52.1 Å². The molecule has 0 spiro atoms. The highest BCUT2D eigenvalue weighted by atomic mass is 19.1. The number of nitrogens with one attached hydrogen (secondary N) is 1. The summed E-state index contributed by atoms with van der Waals surface area (Å²) in [5, 5.41) is 7.53. The summed E-state index contributed by atoms with van der Waals surface area (Å²) in [7, 11) is 0. The number of aryl methyl sites for hydroxylation is 1. The van der Waals surface area contributed by atoms with Crippen LogP contribution in [0.5, 0.6) is 5.75 Å². The van der Waals surface area contributed by atoms with Crippen LogP contribution in [0.25, 0.3) is 0 Å². The molecule has 1 N–H and O–H groups in total. The Morgan fingerprint density at radius 3 is 2.88 bits per heavy atom. The van der Waals surface area contributed by atoms with Crippen LogP contribution in [0.2, 0.25) is 0 Å². The van der Waals surface area contributed by atoms with Crippen molar-refractivity contribution in [1.82, 2.24) is 15.1 Å². The van der Waals surface area contributed by atoms with Gasteiger partial charge < -0.3 is 10.1 Å². The molecule has 3 rings (SSSR count). The highest BCUT2D eigenvalue weighted by Gasteiger charge is 2.26. The van der Waals surface area contributed by atoms with Crippen LogP contribution in [-0.4, -0.2) is 22.3 Å². The molecular formula is C19H24FN3O2. The predicted octanol–water partition coefficient (Wildman–Crippen LogP) is 3.95. The Hall–Kier alpha value is -2.37. The summed E-state index contributed by atoms with van der Waals surface area (Å²) in [5.41, 5.74) is 2.05. The normalized spacial score (nSPS) is 16.4. The first-order valence-electron chi connectivity index (χ1n) is 8.82. The maximum absolute atomic E-state index is 13.6. The Kier molecular flexibility index (Phi) is 5.06. The zero-order chi connectivity index (χ0) is 18.0. The van der Waals surface area contributed by atoms with Gasteiger partial charge in [0, 0.05) is 12.0 Å². The maximum Gasteiger partial charge on any atom is 0.270 e. The summed E-state index contributed by atoms with van der Waals surface area (Å²) < 4.78 is 21.0. The highest BCUT2D eigenvalue weighted by molar-refractivity contribution is 5.93. The summed E-state index contributed by atoms with van der Waals surface area (Å²) in [4.78, 5) is 12.9. The molecule has 134 valence electrons. The minimum absolute atomic E-state index is 0.186. The fraction of sp³-hybridized carbons (Fsp3) is 0.474. The lowest BCUT2D eigenvalue weighted by Gasteiger charge is -2.27. The summed E-state index contributed by atoms with van der Waals surface area (Å²) in [5.74, 6) is 0.110. The van der Waals surface area contributed by atoms with Crippen molar-refractivity contribution < 1.29 is 13.9 Å².